The van der Waals surface area contributed by atoms with Crippen molar-refractivity contribution in [2.75, 3.05) is 0 Å². The third-order valence-corrected chi connectivity index (χ3v) is 3.03. The molecule has 2 heteroatoms. The van der Waals surface area contributed by atoms with Crippen molar-refractivity contribution in [3.8, 4) is 0 Å². The van der Waals surface area contributed by atoms with E-state index in [1.165, 1.54) is 12.8 Å². The van der Waals surface area contributed by atoms with E-state index in [2.05, 4.69) is 18.8 Å². The van der Waals surface area contributed by atoms with Gasteiger partial charge in [0, 0.05) is 12.1 Å². The molecular weight excluding hydrogens is 174 g/mol. The maximum absolute atomic E-state index is 9.76. The lowest BCUT2D eigenvalue weighted by Crippen LogP contribution is -2.46. The lowest BCUT2D eigenvalue weighted by molar-refractivity contribution is 0.0854. The molecule has 2 N–H and O–H groups in total. The second-order valence-corrected chi connectivity index (χ2v) is 4.39. The zero-order valence-corrected chi connectivity index (χ0v) is 9.21. The Morgan fingerprint density at radius 2 is 2.21 bits per heavy atom. The molecule has 0 radical (unpaired) electrons. The first-order chi connectivity index (χ1) is 6.74. The van der Waals surface area contributed by atoms with Crippen LogP contribution in [0.1, 0.15) is 45.4 Å². The minimum atomic E-state index is -0.130. The van der Waals surface area contributed by atoms with Crippen molar-refractivity contribution < 1.29 is 5.11 Å². The van der Waals surface area contributed by atoms with E-state index in [0.29, 0.717) is 12.1 Å². The van der Waals surface area contributed by atoms with Gasteiger partial charge in [0.15, 0.2) is 0 Å². The summed E-state index contributed by atoms with van der Waals surface area (Å²) in [6, 6.07) is 0.814. The van der Waals surface area contributed by atoms with E-state index in [1.807, 2.05) is 6.08 Å². The summed E-state index contributed by atoms with van der Waals surface area (Å²) >= 11 is 0. The fourth-order valence-electron chi connectivity index (χ4n) is 2.12. The molecule has 0 aromatic rings. The number of aliphatic hydroxyl groups is 1. The quantitative estimate of drug-likeness (QED) is 0.662. The molecule has 1 fully saturated rings. The maximum atomic E-state index is 9.76. The Kier molecular flexibility index (Phi) is 5.20. The SMILES string of the molecule is C=CCC[C@H](C)N[C@H]1CCCC[C@H]1O. The highest BCUT2D eigenvalue weighted by Crippen LogP contribution is 2.19. The van der Waals surface area contributed by atoms with Crippen molar-refractivity contribution >= 4 is 0 Å². The molecule has 1 aliphatic rings. The highest BCUT2D eigenvalue weighted by atomic mass is 16.3. The molecule has 0 aromatic carbocycles. The van der Waals surface area contributed by atoms with E-state index in [1.54, 1.807) is 0 Å². The second-order valence-electron chi connectivity index (χ2n) is 4.39. The van der Waals surface area contributed by atoms with Gasteiger partial charge in [-0.05, 0) is 32.6 Å². The molecule has 0 amide bonds. The van der Waals surface area contributed by atoms with E-state index >= 15 is 0 Å². The summed E-state index contributed by atoms with van der Waals surface area (Å²) in [5.41, 5.74) is 0. The summed E-state index contributed by atoms with van der Waals surface area (Å²) in [5.74, 6) is 0. The van der Waals surface area contributed by atoms with Crippen LogP contribution in [0.3, 0.4) is 0 Å². The molecule has 0 bridgehead atoms. The van der Waals surface area contributed by atoms with E-state index in [-0.39, 0.29) is 6.10 Å². The Labute approximate surface area is 87.4 Å². The van der Waals surface area contributed by atoms with Crippen molar-refractivity contribution in [3.63, 3.8) is 0 Å². The number of allylic oxidation sites excluding steroid dienone is 1. The van der Waals surface area contributed by atoms with Gasteiger partial charge in [-0.25, -0.2) is 0 Å². The Morgan fingerprint density at radius 1 is 1.50 bits per heavy atom. The standard InChI is InChI=1S/C12H23NO/c1-3-4-7-10(2)13-11-8-5-6-9-12(11)14/h3,10-14H,1,4-9H2,2H3/t10-,11-,12+/m0/s1. The van der Waals surface area contributed by atoms with Crippen molar-refractivity contribution in [2.45, 2.75) is 63.6 Å². The first-order valence-corrected chi connectivity index (χ1v) is 5.79. The van der Waals surface area contributed by atoms with Gasteiger partial charge < -0.3 is 10.4 Å². The molecule has 0 spiro atoms. The molecule has 0 saturated heterocycles. The lowest BCUT2D eigenvalue weighted by atomic mass is 9.92. The molecule has 3 atom stereocenters. The van der Waals surface area contributed by atoms with Crippen LogP contribution in [0.2, 0.25) is 0 Å². The minimum absolute atomic E-state index is 0.130. The normalized spacial score (nSPS) is 29.9. The van der Waals surface area contributed by atoms with Crippen LogP contribution < -0.4 is 5.32 Å². The number of hydrogen-bond donors (Lipinski definition) is 2. The van der Waals surface area contributed by atoms with Crippen LogP contribution in [0.5, 0.6) is 0 Å². The van der Waals surface area contributed by atoms with Crippen LogP contribution in [-0.4, -0.2) is 23.3 Å². The Balaban J connectivity index is 2.23. The van der Waals surface area contributed by atoms with E-state index in [4.69, 9.17) is 0 Å². The fraction of sp³-hybridized carbons (Fsp3) is 0.833. The van der Waals surface area contributed by atoms with Crippen LogP contribution in [0, 0.1) is 0 Å². The first-order valence-electron chi connectivity index (χ1n) is 5.79. The van der Waals surface area contributed by atoms with Gasteiger partial charge in [0.05, 0.1) is 6.10 Å². The van der Waals surface area contributed by atoms with Gasteiger partial charge in [-0.3, -0.25) is 0 Å². The van der Waals surface area contributed by atoms with Crippen LogP contribution in [-0.2, 0) is 0 Å². The van der Waals surface area contributed by atoms with E-state index < -0.39 is 0 Å². The lowest BCUT2D eigenvalue weighted by Gasteiger charge is -2.31. The van der Waals surface area contributed by atoms with Gasteiger partial charge in [0.25, 0.3) is 0 Å². The average molecular weight is 197 g/mol. The average Bonchev–Trinajstić information content (AvgIpc) is 2.18. The van der Waals surface area contributed by atoms with E-state index in [0.717, 1.165) is 25.7 Å². The van der Waals surface area contributed by atoms with Gasteiger partial charge in [0.2, 0.25) is 0 Å². The predicted molar refractivity (Wildman–Crippen MR) is 60.3 cm³/mol. The molecule has 14 heavy (non-hydrogen) atoms. The van der Waals surface area contributed by atoms with Gasteiger partial charge in [-0.1, -0.05) is 18.9 Å². The van der Waals surface area contributed by atoms with Gasteiger partial charge in [-0.2, -0.15) is 0 Å². The molecule has 2 nitrogen and oxygen atoms in total. The highest BCUT2D eigenvalue weighted by molar-refractivity contribution is 4.83. The number of aliphatic hydroxyl groups excluding tert-OH is 1. The molecule has 1 rings (SSSR count). The maximum Gasteiger partial charge on any atom is 0.0693 e. The summed E-state index contributed by atoms with van der Waals surface area (Å²) in [5, 5.41) is 13.3. The smallest absolute Gasteiger partial charge is 0.0693 e. The van der Waals surface area contributed by atoms with Crippen LogP contribution in [0.15, 0.2) is 12.7 Å². The summed E-state index contributed by atoms with van der Waals surface area (Å²) in [6.45, 7) is 5.90. The largest absolute Gasteiger partial charge is 0.392 e. The zero-order chi connectivity index (χ0) is 10.4. The highest BCUT2D eigenvalue weighted by Gasteiger charge is 2.23. The number of hydrogen-bond acceptors (Lipinski definition) is 2. The molecule has 1 aliphatic carbocycles. The van der Waals surface area contributed by atoms with Crippen molar-refractivity contribution in [3.05, 3.63) is 12.7 Å². The summed E-state index contributed by atoms with van der Waals surface area (Å²) in [6.07, 6.45) is 8.52. The van der Waals surface area contributed by atoms with Crippen LogP contribution >= 0.6 is 0 Å². The molecule has 0 heterocycles. The Bertz CT molecular complexity index is 170. The van der Waals surface area contributed by atoms with Gasteiger partial charge in [-0.15, -0.1) is 6.58 Å². The van der Waals surface area contributed by atoms with E-state index in [9.17, 15) is 5.11 Å². The fourth-order valence-corrected chi connectivity index (χ4v) is 2.12. The number of nitrogens with one attached hydrogen (secondary N) is 1. The minimum Gasteiger partial charge on any atom is -0.392 e. The first kappa shape index (κ1) is 11.7. The third kappa shape index (κ3) is 3.81. The summed E-state index contributed by atoms with van der Waals surface area (Å²) in [7, 11) is 0. The molecule has 0 unspecified atom stereocenters. The van der Waals surface area contributed by atoms with Crippen molar-refractivity contribution in [1.82, 2.24) is 5.32 Å². The Morgan fingerprint density at radius 3 is 2.86 bits per heavy atom. The molecular formula is C12H23NO. The van der Waals surface area contributed by atoms with Gasteiger partial charge >= 0.3 is 0 Å². The molecule has 0 aromatic heterocycles. The van der Waals surface area contributed by atoms with Crippen molar-refractivity contribution in [2.24, 2.45) is 0 Å². The molecule has 0 aliphatic heterocycles. The summed E-state index contributed by atoms with van der Waals surface area (Å²) < 4.78 is 0. The van der Waals surface area contributed by atoms with Gasteiger partial charge in [0.1, 0.15) is 0 Å². The monoisotopic (exact) mass is 197 g/mol. The predicted octanol–water partition coefficient (Wildman–Crippen LogP) is 2.23. The molecule has 1 saturated carbocycles. The van der Waals surface area contributed by atoms with Crippen LogP contribution in [0.4, 0.5) is 0 Å². The third-order valence-electron chi connectivity index (χ3n) is 3.03. The second kappa shape index (κ2) is 6.20. The Hall–Kier alpha value is -0.340. The molecule has 82 valence electrons. The number of rotatable bonds is 5. The van der Waals surface area contributed by atoms with Crippen molar-refractivity contribution in [1.29, 1.82) is 0 Å². The topological polar surface area (TPSA) is 32.3 Å². The summed E-state index contributed by atoms with van der Waals surface area (Å²) in [4.78, 5) is 0. The zero-order valence-electron chi connectivity index (χ0n) is 9.21. The van der Waals surface area contributed by atoms with Crippen LogP contribution in [0.25, 0.3) is 0 Å².